The van der Waals surface area contributed by atoms with Crippen LogP contribution in [0, 0.1) is 0 Å². The number of rotatable bonds is 0. The third-order valence-electron chi connectivity index (χ3n) is 4.04. The summed E-state index contributed by atoms with van der Waals surface area (Å²) < 4.78 is 0. The van der Waals surface area contributed by atoms with Gasteiger partial charge in [-0.2, -0.15) is 0 Å². The number of hydrogen-bond acceptors (Lipinski definition) is 2. The summed E-state index contributed by atoms with van der Waals surface area (Å²) in [4.78, 5) is 16.0. The number of H-pyrrole nitrogens is 2. The number of aromatic nitrogens is 4. The molecule has 3 aromatic rings. The van der Waals surface area contributed by atoms with Crippen LogP contribution in [0.2, 0.25) is 0 Å². The van der Waals surface area contributed by atoms with Gasteiger partial charge >= 0.3 is 23.9 Å². The van der Waals surface area contributed by atoms with Crippen molar-refractivity contribution in [2.75, 3.05) is 0 Å². The van der Waals surface area contributed by atoms with Crippen LogP contribution in [0.1, 0.15) is 22.8 Å². The Morgan fingerprint density at radius 2 is 0.760 bits per heavy atom. The average molecular weight is 431 g/mol. The van der Waals surface area contributed by atoms with Gasteiger partial charge in [0.05, 0.1) is 22.8 Å². The van der Waals surface area contributed by atoms with Crippen molar-refractivity contribution in [2.24, 2.45) is 0 Å². The Labute approximate surface area is 161 Å². The first kappa shape index (κ1) is 15.9. The predicted octanol–water partition coefficient (Wildman–Crippen LogP) is 3.74. The molecule has 2 radical (unpaired) electrons. The first-order valence-electron chi connectivity index (χ1n) is 7.85. The number of fused-ring (bicyclic) bond motifs is 8. The summed E-state index contributed by atoms with van der Waals surface area (Å²) in [6.45, 7) is 0. The molecule has 0 unspecified atom stereocenters. The molecule has 0 aromatic carbocycles. The SMILES string of the molecule is C1=Cc2cc3ccc(cc4nc(cc5ccc(cc1n2)[nH]5)C=C4)[nH]3.[SnH2]. The Balaban J connectivity index is 0.00000157. The second-order valence-corrected chi connectivity index (χ2v) is 5.91. The standard InChI is InChI=1S/C20H14N4.Sn.2H/c1-2-14-10-16-5-6-18(23-16)12-20-8-7-19(24-20)11-17-4-3-15(22-17)9-13(1)21-14;;;/h1-12,21,24H;;;. The first-order chi connectivity index (χ1) is 11.8. The fourth-order valence-electron chi connectivity index (χ4n) is 2.94. The monoisotopic (exact) mass is 432 g/mol. The number of nitrogens with one attached hydrogen (secondary N) is 2. The van der Waals surface area contributed by atoms with Gasteiger partial charge in [-0.1, -0.05) is 0 Å². The zero-order chi connectivity index (χ0) is 15.9. The minimum atomic E-state index is 0. The Hall–Kier alpha value is -2.60. The molecule has 8 bridgehead atoms. The Morgan fingerprint density at radius 1 is 0.480 bits per heavy atom. The minimum absolute atomic E-state index is 0. The third-order valence-corrected chi connectivity index (χ3v) is 4.04. The summed E-state index contributed by atoms with van der Waals surface area (Å²) in [7, 11) is 0. The summed E-state index contributed by atoms with van der Waals surface area (Å²) in [5, 5.41) is 0. The van der Waals surface area contributed by atoms with Gasteiger partial charge in [0, 0.05) is 22.1 Å². The molecule has 5 heteroatoms. The van der Waals surface area contributed by atoms with Crippen LogP contribution in [-0.4, -0.2) is 43.8 Å². The van der Waals surface area contributed by atoms with E-state index in [4.69, 9.17) is 0 Å². The van der Waals surface area contributed by atoms with E-state index in [0.717, 1.165) is 44.8 Å². The molecule has 0 fully saturated rings. The average Bonchev–Trinajstić information content (AvgIpc) is 3.32. The van der Waals surface area contributed by atoms with Crippen molar-refractivity contribution in [3.8, 4) is 0 Å². The summed E-state index contributed by atoms with van der Waals surface area (Å²) >= 11 is 0. The quantitative estimate of drug-likeness (QED) is 0.367. The zero-order valence-corrected chi connectivity index (χ0v) is 17.6. The Kier molecular flexibility index (Phi) is 4.05. The van der Waals surface area contributed by atoms with Crippen LogP contribution in [-0.2, 0) is 0 Å². The normalized spacial score (nSPS) is 12.2. The molecule has 0 saturated carbocycles. The molecule has 5 heterocycles. The van der Waals surface area contributed by atoms with Crippen molar-refractivity contribution in [2.45, 2.75) is 0 Å². The van der Waals surface area contributed by atoms with E-state index >= 15 is 0 Å². The van der Waals surface area contributed by atoms with E-state index in [0.29, 0.717) is 0 Å². The molecule has 2 aliphatic heterocycles. The van der Waals surface area contributed by atoms with E-state index in [1.165, 1.54) is 0 Å². The van der Waals surface area contributed by atoms with Gasteiger partial charge in [0.2, 0.25) is 0 Å². The number of nitrogens with zero attached hydrogens (tertiary/aromatic N) is 2. The van der Waals surface area contributed by atoms with Gasteiger partial charge in [-0.05, 0) is 72.8 Å². The third kappa shape index (κ3) is 3.30. The van der Waals surface area contributed by atoms with E-state index in [1.807, 2.05) is 48.6 Å². The van der Waals surface area contributed by atoms with Gasteiger partial charge < -0.3 is 9.97 Å². The van der Waals surface area contributed by atoms with Gasteiger partial charge in [-0.3, -0.25) is 0 Å². The van der Waals surface area contributed by atoms with Gasteiger partial charge in [0.1, 0.15) is 0 Å². The maximum absolute atomic E-state index is 4.63. The van der Waals surface area contributed by atoms with Gasteiger partial charge in [0.25, 0.3) is 0 Å². The van der Waals surface area contributed by atoms with Crippen LogP contribution in [0.15, 0.2) is 48.5 Å². The first-order valence-corrected chi connectivity index (χ1v) is 7.85. The predicted molar refractivity (Wildman–Crippen MR) is 107 cm³/mol. The van der Waals surface area contributed by atoms with Crippen molar-refractivity contribution in [3.05, 3.63) is 71.3 Å². The molecular weight excluding hydrogens is 415 g/mol. The maximum atomic E-state index is 4.63. The second kappa shape index (κ2) is 6.37. The van der Waals surface area contributed by atoms with E-state index in [-0.39, 0.29) is 23.9 Å². The fourth-order valence-corrected chi connectivity index (χ4v) is 2.94. The van der Waals surface area contributed by atoms with Crippen molar-refractivity contribution in [1.82, 2.24) is 19.9 Å². The molecule has 0 atom stereocenters. The van der Waals surface area contributed by atoms with Crippen LogP contribution in [0.3, 0.4) is 0 Å². The molecule has 5 rings (SSSR count). The van der Waals surface area contributed by atoms with Gasteiger partial charge in [0.15, 0.2) is 0 Å². The number of hydrogen-bond donors (Lipinski definition) is 2. The topological polar surface area (TPSA) is 57.4 Å². The Bertz CT molecular complexity index is 990. The Morgan fingerprint density at radius 3 is 1.04 bits per heavy atom. The van der Waals surface area contributed by atoms with Gasteiger partial charge in [-0.25, -0.2) is 9.97 Å². The zero-order valence-electron chi connectivity index (χ0n) is 13.5. The summed E-state index contributed by atoms with van der Waals surface area (Å²) in [5.41, 5.74) is 7.86. The summed E-state index contributed by atoms with van der Waals surface area (Å²) in [6.07, 6.45) is 8.09. The van der Waals surface area contributed by atoms with Crippen molar-refractivity contribution in [1.29, 1.82) is 0 Å². The van der Waals surface area contributed by atoms with Crippen LogP contribution in [0.5, 0.6) is 0 Å². The van der Waals surface area contributed by atoms with Crippen LogP contribution >= 0.6 is 0 Å². The van der Waals surface area contributed by atoms with Crippen molar-refractivity contribution >= 4 is 70.3 Å². The van der Waals surface area contributed by atoms with E-state index in [2.05, 4.69) is 44.2 Å². The van der Waals surface area contributed by atoms with Crippen molar-refractivity contribution < 1.29 is 0 Å². The molecule has 120 valence electrons. The second-order valence-electron chi connectivity index (χ2n) is 5.91. The van der Waals surface area contributed by atoms with E-state index in [1.54, 1.807) is 0 Å². The van der Waals surface area contributed by atoms with Crippen LogP contribution < -0.4 is 0 Å². The summed E-state index contributed by atoms with van der Waals surface area (Å²) in [6, 6.07) is 16.4. The van der Waals surface area contributed by atoms with Crippen LogP contribution in [0.4, 0.5) is 0 Å². The molecule has 0 spiro atoms. The molecule has 25 heavy (non-hydrogen) atoms. The summed E-state index contributed by atoms with van der Waals surface area (Å²) in [5.74, 6) is 0. The molecule has 0 amide bonds. The molecular formula is C20H16N4Sn. The van der Waals surface area contributed by atoms with Crippen molar-refractivity contribution in [3.63, 3.8) is 0 Å². The molecule has 3 aromatic heterocycles. The molecule has 2 aliphatic rings. The number of aromatic amines is 2. The van der Waals surface area contributed by atoms with E-state index in [9.17, 15) is 0 Å². The molecule has 0 saturated heterocycles. The fraction of sp³-hybridized carbons (Fsp3) is 0. The molecule has 2 N–H and O–H groups in total. The van der Waals surface area contributed by atoms with Gasteiger partial charge in [-0.15, -0.1) is 0 Å². The molecule has 0 aliphatic carbocycles. The van der Waals surface area contributed by atoms with Crippen LogP contribution in [0.25, 0.3) is 46.4 Å². The van der Waals surface area contributed by atoms with E-state index < -0.39 is 0 Å². The molecule has 4 nitrogen and oxygen atoms in total.